The van der Waals surface area contributed by atoms with Gasteiger partial charge in [-0.25, -0.2) is 0 Å². The van der Waals surface area contributed by atoms with Crippen LogP contribution in [0.2, 0.25) is 5.02 Å². The fourth-order valence-electron chi connectivity index (χ4n) is 1.47. The molecule has 0 aliphatic heterocycles. The van der Waals surface area contributed by atoms with Gasteiger partial charge in [0.2, 0.25) is 11.8 Å². The smallest absolute Gasteiger partial charge is 0.249 e. The lowest BCUT2D eigenvalue weighted by atomic mass is 10.2. The lowest BCUT2D eigenvalue weighted by Crippen LogP contribution is -2.24. The SMILES string of the molecule is CCC(C)NCc1nnc(-c2ccccc2Cl)o1. The molecule has 1 atom stereocenters. The van der Waals surface area contributed by atoms with Crippen molar-refractivity contribution in [3.8, 4) is 11.5 Å². The molecule has 0 aliphatic rings. The number of hydrogen-bond donors (Lipinski definition) is 1. The van der Waals surface area contributed by atoms with Gasteiger partial charge in [-0.1, -0.05) is 30.7 Å². The van der Waals surface area contributed by atoms with Crippen molar-refractivity contribution < 1.29 is 4.42 Å². The van der Waals surface area contributed by atoms with Crippen molar-refractivity contribution in [2.24, 2.45) is 0 Å². The lowest BCUT2D eigenvalue weighted by molar-refractivity contribution is 0.444. The molecule has 0 fully saturated rings. The summed E-state index contributed by atoms with van der Waals surface area (Å²) >= 11 is 6.07. The van der Waals surface area contributed by atoms with Crippen LogP contribution in [-0.2, 0) is 6.54 Å². The first-order chi connectivity index (χ1) is 8.70. The summed E-state index contributed by atoms with van der Waals surface area (Å²) in [5.41, 5.74) is 0.765. The van der Waals surface area contributed by atoms with Gasteiger partial charge in [0, 0.05) is 6.04 Å². The van der Waals surface area contributed by atoms with E-state index >= 15 is 0 Å². The molecule has 0 saturated carbocycles. The molecule has 1 N–H and O–H groups in total. The Morgan fingerprint density at radius 3 is 2.83 bits per heavy atom. The van der Waals surface area contributed by atoms with Crippen molar-refractivity contribution >= 4 is 11.6 Å². The van der Waals surface area contributed by atoms with Crippen molar-refractivity contribution in [2.45, 2.75) is 32.9 Å². The molecule has 0 radical (unpaired) electrons. The molecule has 0 bridgehead atoms. The maximum absolute atomic E-state index is 6.07. The normalized spacial score (nSPS) is 12.6. The van der Waals surface area contributed by atoms with Gasteiger partial charge in [0.25, 0.3) is 0 Å². The molecule has 1 aromatic carbocycles. The van der Waals surface area contributed by atoms with E-state index in [4.69, 9.17) is 16.0 Å². The molecule has 1 heterocycles. The van der Waals surface area contributed by atoms with Crippen LogP contribution in [0.25, 0.3) is 11.5 Å². The topological polar surface area (TPSA) is 51.0 Å². The molecule has 5 heteroatoms. The predicted molar refractivity (Wildman–Crippen MR) is 71.3 cm³/mol. The molecule has 1 aromatic heterocycles. The predicted octanol–water partition coefficient (Wildman–Crippen LogP) is 3.28. The Kier molecular flexibility index (Phi) is 4.33. The van der Waals surface area contributed by atoms with Gasteiger partial charge in [-0.2, -0.15) is 0 Å². The Balaban J connectivity index is 2.09. The van der Waals surface area contributed by atoms with Gasteiger partial charge in [-0.3, -0.25) is 0 Å². The molecule has 0 saturated heterocycles. The van der Waals surface area contributed by atoms with Crippen LogP contribution in [0, 0.1) is 0 Å². The Hall–Kier alpha value is -1.39. The zero-order valence-corrected chi connectivity index (χ0v) is 11.2. The fourth-order valence-corrected chi connectivity index (χ4v) is 1.69. The molecule has 2 rings (SSSR count). The van der Waals surface area contributed by atoms with Gasteiger partial charge in [-0.15, -0.1) is 10.2 Å². The lowest BCUT2D eigenvalue weighted by Gasteiger charge is -2.07. The molecule has 4 nitrogen and oxygen atoms in total. The molecule has 96 valence electrons. The second-order valence-electron chi connectivity index (χ2n) is 4.17. The van der Waals surface area contributed by atoms with E-state index in [2.05, 4.69) is 29.4 Å². The molecule has 0 amide bonds. The van der Waals surface area contributed by atoms with E-state index in [9.17, 15) is 0 Å². The number of benzene rings is 1. The highest BCUT2D eigenvalue weighted by atomic mass is 35.5. The summed E-state index contributed by atoms with van der Waals surface area (Å²) in [4.78, 5) is 0. The third kappa shape index (κ3) is 3.09. The van der Waals surface area contributed by atoms with Crippen LogP contribution in [0.4, 0.5) is 0 Å². The van der Waals surface area contributed by atoms with Crippen LogP contribution < -0.4 is 5.32 Å². The van der Waals surface area contributed by atoms with Gasteiger partial charge < -0.3 is 9.73 Å². The maximum atomic E-state index is 6.07. The van der Waals surface area contributed by atoms with E-state index in [0.717, 1.165) is 12.0 Å². The number of rotatable bonds is 5. The number of hydrogen-bond acceptors (Lipinski definition) is 4. The molecular formula is C13H16ClN3O. The average molecular weight is 266 g/mol. The van der Waals surface area contributed by atoms with Gasteiger partial charge in [0.05, 0.1) is 17.1 Å². The third-order valence-electron chi connectivity index (χ3n) is 2.79. The summed E-state index contributed by atoms with van der Waals surface area (Å²) in [5, 5.41) is 11.9. The third-order valence-corrected chi connectivity index (χ3v) is 3.11. The van der Waals surface area contributed by atoms with Crippen LogP contribution in [0.15, 0.2) is 28.7 Å². The zero-order valence-electron chi connectivity index (χ0n) is 10.5. The molecule has 0 spiro atoms. The monoisotopic (exact) mass is 265 g/mol. The van der Waals surface area contributed by atoms with Crippen LogP contribution in [0.1, 0.15) is 26.2 Å². The highest BCUT2D eigenvalue weighted by Gasteiger charge is 2.11. The van der Waals surface area contributed by atoms with Gasteiger partial charge in [0.15, 0.2) is 0 Å². The zero-order chi connectivity index (χ0) is 13.0. The Labute approximate surface area is 111 Å². The van der Waals surface area contributed by atoms with Crippen molar-refractivity contribution in [2.75, 3.05) is 0 Å². The number of halogens is 1. The van der Waals surface area contributed by atoms with Gasteiger partial charge in [-0.05, 0) is 25.5 Å². The van der Waals surface area contributed by atoms with Crippen LogP contribution in [-0.4, -0.2) is 16.2 Å². The minimum atomic E-state index is 0.431. The first kappa shape index (κ1) is 13.1. The second kappa shape index (κ2) is 5.98. The summed E-state index contributed by atoms with van der Waals surface area (Å²) in [6.07, 6.45) is 1.06. The highest BCUT2D eigenvalue weighted by molar-refractivity contribution is 6.33. The molecule has 1 unspecified atom stereocenters. The molecule has 2 aromatic rings. The second-order valence-corrected chi connectivity index (χ2v) is 4.58. The standard InChI is InChI=1S/C13H16ClN3O/c1-3-9(2)15-8-12-16-17-13(18-12)10-6-4-5-7-11(10)14/h4-7,9,15H,3,8H2,1-2H3. The first-order valence-electron chi connectivity index (χ1n) is 6.01. The minimum absolute atomic E-state index is 0.431. The average Bonchev–Trinajstić information content (AvgIpc) is 2.85. The largest absolute Gasteiger partial charge is 0.419 e. The van der Waals surface area contributed by atoms with Crippen molar-refractivity contribution in [3.63, 3.8) is 0 Å². The molecule has 0 aliphatic carbocycles. The molecular weight excluding hydrogens is 250 g/mol. The number of nitrogens with one attached hydrogen (secondary N) is 1. The van der Waals surface area contributed by atoms with Crippen molar-refractivity contribution in [1.82, 2.24) is 15.5 Å². The summed E-state index contributed by atoms with van der Waals surface area (Å²) in [6.45, 7) is 4.82. The highest BCUT2D eigenvalue weighted by Crippen LogP contribution is 2.26. The van der Waals surface area contributed by atoms with Crippen LogP contribution >= 0.6 is 11.6 Å². The van der Waals surface area contributed by atoms with Gasteiger partial charge in [0.1, 0.15) is 0 Å². The van der Waals surface area contributed by atoms with E-state index in [1.165, 1.54) is 0 Å². The summed E-state index contributed by atoms with van der Waals surface area (Å²) in [6, 6.07) is 7.86. The fraction of sp³-hybridized carbons (Fsp3) is 0.385. The Morgan fingerprint density at radius 2 is 2.11 bits per heavy atom. The van der Waals surface area contributed by atoms with Crippen molar-refractivity contribution in [1.29, 1.82) is 0 Å². The van der Waals surface area contributed by atoms with E-state index in [-0.39, 0.29) is 0 Å². The first-order valence-corrected chi connectivity index (χ1v) is 6.39. The maximum Gasteiger partial charge on any atom is 0.249 e. The number of nitrogens with zero attached hydrogens (tertiary/aromatic N) is 2. The van der Waals surface area contributed by atoms with E-state index in [0.29, 0.717) is 29.4 Å². The summed E-state index contributed by atoms with van der Waals surface area (Å²) in [5.74, 6) is 1.03. The quantitative estimate of drug-likeness (QED) is 0.901. The number of aromatic nitrogens is 2. The Morgan fingerprint density at radius 1 is 1.33 bits per heavy atom. The van der Waals surface area contributed by atoms with E-state index < -0.39 is 0 Å². The van der Waals surface area contributed by atoms with Gasteiger partial charge >= 0.3 is 0 Å². The van der Waals surface area contributed by atoms with Crippen LogP contribution in [0.3, 0.4) is 0 Å². The van der Waals surface area contributed by atoms with Crippen molar-refractivity contribution in [3.05, 3.63) is 35.2 Å². The van der Waals surface area contributed by atoms with E-state index in [1.807, 2.05) is 18.2 Å². The minimum Gasteiger partial charge on any atom is -0.419 e. The van der Waals surface area contributed by atoms with Crippen LogP contribution in [0.5, 0.6) is 0 Å². The summed E-state index contributed by atoms with van der Waals surface area (Å²) < 4.78 is 5.58. The van der Waals surface area contributed by atoms with E-state index in [1.54, 1.807) is 6.07 Å². The summed E-state index contributed by atoms with van der Waals surface area (Å²) in [7, 11) is 0. The Bertz CT molecular complexity index is 512. The molecule has 18 heavy (non-hydrogen) atoms.